The first-order chi connectivity index (χ1) is 11.7. The van der Waals surface area contributed by atoms with E-state index in [-0.39, 0.29) is 18.6 Å². The van der Waals surface area contributed by atoms with E-state index in [0.29, 0.717) is 24.6 Å². The number of ether oxygens (including phenoxy) is 1. The number of hydrogen-bond donors (Lipinski definition) is 2. The van der Waals surface area contributed by atoms with Gasteiger partial charge in [-0.15, -0.1) is 0 Å². The molecule has 0 aromatic carbocycles. The number of imidazole rings is 1. The molecule has 1 aliphatic carbocycles. The molecule has 7 nitrogen and oxygen atoms in total. The molecule has 0 spiro atoms. The van der Waals surface area contributed by atoms with Crippen LogP contribution in [0.4, 0.5) is 0 Å². The van der Waals surface area contributed by atoms with E-state index in [4.69, 9.17) is 4.74 Å². The topological polar surface area (TPSA) is 89.3 Å². The number of aliphatic hydroxyl groups excluding tert-OH is 1. The third-order valence-corrected chi connectivity index (χ3v) is 5.04. The lowest BCUT2D eigenvalue weighted by Crippen LogP contribution is -2.48. The summed E-state index contributed by atoms with van der Waals surface area (Å²) < 4.78 is 7.31. The van der Waals surface area contributed by atoms with Gasteiger partial charge in [-0.25, -0.2) is 9.97 Å². The smallest absolute Gasteiger partial charge is 0.253 e. The van der Waals surface area contributed by atoms with Crippen molar-refractivity contribution >= 4 is 17.1 Å². The molecule has 0 radical (unpaired) electrons. The average molecular weight is 330 g/mol. The van der Waals surface area contributed by atoms with Crippen LogP contribution in [-0.2, 0) is 4.74 Å². The summed E-state index contributed by atoms with van der Waals surface area (Å²) in [5.41, 5.74) is 2.05. The van der Waals surface area contributed by atoms with Crippen molar-refractivity contribution in [2.45, 2.75) is 50.3 Å². The zero-order chi connectivity index (χ0) is 16.5. The van der Waals surface area contributed by atoms with Crippen LogP contribution >= 0.6 is 0 Å². The molecule has 7 heteroatoms. The lowest BCUT2D eigenvalue weighted by Gasteiger charge is -2.28. The van der Waals surface area contributed by atoms with Gasteiger partial charge in [-0.2, -0.15) is 0 Å². The van der Waals surface area contributed by atoms with Crippen molar-refractivity contribution in [3.63, 3.8) is 0 Å². The van der Waals surface area contributed by atoms with Gasteiger partial charge in [0.2, 0.25) is 0 Å². The lowest BCUT2D eigenvalue weighted by atomic mass is 10.1. The molecule has 2 fully saturated rings. The van der Waals surface area contributed by atoms with Crippen LogP contribution in [0.1, 0.15) is 48.5 Å². The fourth-order valence-corrected chi connectivity index (χ4v) is 3.64. The van der Waals surface area contributed by atoms with Gasteiger partial charge >= 0.3 is 0 Å². The average Bonchev–Trinajstić information content (AvgIpc) is 3.25. The van der Waals surface area contributed by atoms with Gasteiger partial charge in [0.1, 0.15) is 5.52 Å². The highest BCUT2D eigenvalue weighted by Crippen LogP contribution is 2.31. The molecule has 1 amide bonds. The number of fused-ring (bicyclic) bond motifs is 1. The molecule has 0 bridgehead atoms. The second-order valence-electron chi connectivity index (χ2n) is 6.67. The number of hydrogen-bond acceptors (Lipinski definition) is 5. The second kappa shape index (κ2) is 6.49. The first kappa shape index (κ1) is 15.5. The number of aromatic nitrogens is 3. The molecule has 2 atom stereocenters. The number of rotatable bonds is 3. The number of pyridine rings is 1. The van der Waals surface area contributed by atoms with E-state index in [9.17, 15) is 9.90 Å². The van der Waals surface area contributed by atoms with Crippen molar-refractivity contribution in [2.75, 3.05) is 13.2 Å². The Morgan fingerprint density at radius 1 is 1.29 bits per heavy atom. The molecular formula is C17H22N4O3. The van der Waals surface area contributed by atoms with Gasteiger partial charge in [0, 0.05) is 18.8 Å². The third kappa shape index (κ3) is 2.89. The van der Waals surface area contributed by atoms with Crippen molar-refractivity contribution in [1.29, 1.82) is 0 Å². The molecule has 1 aliphatic heterocycles. The van der Waals surface area contributed by atoms with Crippen molar-refractivity contribution in [3.8, 4) is 0 Å². The standard InChI is InChI=1S/C17H22N4O3/c22-15-9-24-6-5-13(15)20-17(23)11-7-14-16(18-8-11)21(10-19-14)12-3-1-2-4-12/h7-8,10,12-13,15,22H,1-6,9H2,(H,20,23)/t13-,15-/m0/s1. The Hall–Kier alpha value is -1.99. The fourth-order valence-electron chi connectivity index (χ4n) is 3.64. The van der Waals surface area contributed by atoms with Crippen LogP contribution in [0.2, 0.25) is 0 Å². The number of amides is 1. The summed E-state index contributed by atoms with van der Waals surface area (Å²) in [4.78, 5) is 21.3. The summed E-state index contributed by atoms with van der Waals surface area (Å²) >= 11 is 0. The number of aliphatic hydroxyl groups is 1. The monoisotopic (exact) mass is 330 g/mol. The summed E-state index contributed by atoms with van der Waals surface area (Å²) in [6, 6.07) is 1.96. The first-order valence-corrected chi connectivity index (χ1v) is 8.61. The number of nitrogens with zero attached hydrogens (tertiary/aromatic N) is 3. The predicted molar refractivity (Wildman–Crippen MR) is 87.7 cm³/mol. The summed E-state index contributed by atoms with van der Waals surface area (Å²) in [7, 11) is 0. The molecule has 2 aromatic rings. The minimum absolute atomic E-state index is 0.231. The van der Waals surface area contributed by atoms with E-state index in [2.05, 4.69) is 19.9 Å². The zero-order valence-corrected chi connectivity index (χ0v) is 13.5. The summed E-state index contributed by atoms with van der Waals surface area (Å²) in [6.45, 7) is 0.805. The SMILES string of the molecule is O=C(N[C@H]1CCOC[C@@H]1O)c1cnc2c(c1)ncn2C1CCCC1. The van der Waals surface area contributed by atoms with E-state index >= 15 is 0 Å². The Morgan fingerprint density at radius 3 is 2.92 bits per heavy atom. The number of carbonyl (C=O) groups is 1. The molecule has 4 rings (SSSR count). The molecule has 3 heterocycles. The second-order valence-corrected chi connectivity index (χ2v) is 6.67. The van der Waals surface area contributed by atoms with E-state index < -0.39 is 6.10 Å². The van der Waals surface area contributed by atoms with E-state index in [1.54, 1.807) is 12.3 Å². The van der Waals surface area contributed by atoms with Crippen LogP contribution in [0, 0.1) is 0 Å². The molecular weight excluding hydrogens is 308 g/mol. The minimum Gasteiger partial charge on any atom is -0.389 e. The van der Waals surface area contributed by atoms with Crippen molar-refractivity contribution in [2.24, 2.45) is 0 Å². The maximum atomic E-state index is 12.4. The van der Waals surface area contributed by atoms with Gasteiger partial charge in [0.05, 0.1) is 30.6 Å². The van der Waals surface area contributed by atoms with Crippen molar-refractivity contribution < 1.29 is 14.6 Å². The molecule has 2 aromatic heterocycles. The molecule has 2 aliphatic rings. The number of nitrogens with one attached hydrogen (secondary N) is 1. The molecule has 24 heavy (non-hydrogen) atoms. The Labute approximate surface area is 140 Å². The fraction of sp³-hybridized carbons (Fsp3) is 0.588. The predicted octanol–water partition coefficient (Wildman–Crippen LogP) is 1.43. The normalized spacial score (nSPS) is 25.2. The van der Waals surface area contributed by atoms with Gasteiger partial charge in [-0.05, 0) is 25.3 Å². The van der Waals surface area contributed by atoms with Crippen molar-refractivity contribution in [1.82, 2.24) is 19.9 Å². The summed E-state index contributed by atoms with van der Waals surface area (Å²) in [5, 5.41) is 12.8. The summed E-state index contributed by atoms with van der Waals surface area (Å²) in [6.07, 6.45) is 8.19. The van der Waals surface area contributed by atoms with Crippen LogP contribution in [0.5, 0.6) is 0 Å². The maximum Gasteiger partial charge on any atom is 0.253 e. The Morgan fingerprint density at radius 2 is 2.12 bits per heavy atom. The van der Waals surface area contributed by atoms with Crippen LogP contribution < -0.4 is 5.32 Å². The minimum atomic E-state index is -0.666. The van der Waals surface area contributed by atoms with Gasteiger partial charge in [0.15, 0.2) is 5.65 Å². The van der Waals surface area contributed by atoms with Crippen LogP contribution in [0.15, 0.2) is 18.6 Å². The van der Waals surface area contributed by atoms with Gasteiger partial charge < -0.3 is 19.7 Å². The maximum absolute atomic E-state index is 12.4. The molecule has 2 N–H and O–H groups in total. The molecule has 128 valence electrons. The lowest BCUT2D eigenvalue weighted by molar-refractivity contribution is -0.0260. The highest BCUT2D eigenvalue weighted by Gasteiger charge is 2.26. The highest BCUT2D eigenvalue weighted by molar-refractivity contribution is 5.96. The van der Waals surface area contributed by atoms with Gasteiger partial charge in [0.25, 0.3) is 5.91 Å². The Balaban J connectivity index is 1.53. The van der Waals surface area contributed by atoms with Crippen LogP contribution in [-0.4, -0.2) is 50.9 Å². The molecule has 0 unspecified atom stereocenters. The number of carbonyl (C=O) groups excluding carboxylic acids is 1. The van der Waals surface area contributed by atoms with Crippen LogP contribution in [0.3, 0.4) is 0 Å². The van der Waals surface area contributed by atoms with Crippen molar-refractivity contribution in [3.05, 3.63) is 24.2 Å². The largest absolute Gasteiger partial charge is 0.389 e. The highest BCUT2D eigenvalue weighted by atomic mass is 16.5. The van der Waals surface area contributed by atoms with E-state index in [1.807, 2.05) is 6.33 Å². The quantitative estimate of drug-likeness (QED) is 0.888. The van der Waals surface area contributed by atoms with E-state index in [0.717, 1.165) is 24.0 Å². The van der Waals surface area contributed by atoms with Gasteiger partial charge in [-0.3, -0.25) is 4.79 Å². The molecule has 1 saturated carbocycles. The Bertz CT molecular complexity index is 739. The molecule has 1 saturated heterocycles. The third-order valence-electron chi connectivity index (χ3n) is 5.04. The summed E-state index contributed by atoms with van der Waals surface area (Å²) in [5.74, 6) is -0.231. The van der Waals surface area contributed by atoms with E-state index in [1.165, 1.54) is 12.8 Å². The van der Waals surface area contributed by atoms with Crippen LogP contribution in [0.25, 0.3) is 11.2 Å². The van der Waals surface area contributed by atoms with Gasteiger partial charge in [-0.1, -0.05) is 12.8 Å². The Kier molecular flexibility index (Phi) is 4.20. The zero-order valence-electron chi connectivity index (χ0n) is 13.5. The first-order valence-electron chi connectivity index (χ1n) is 8.61.